The van der Waals surface area contributed by atoms with Crippen LogP contribution in [0.2, 0.25) is 0 Å². The summed E-state index contributed by atoms with van der Waals surface area (Å²) in [6, 6.07) is 12.5. The van der Waals surface area contributed by atoms with E-state index >= 15 is 0 Å². The molecule has 1 atom stereocenters. The topological polar surface area (TPSA) is 66.0 Å². The lowest BCUT2D eigenvalue weighted by atomic mass is 10.1. The molecule has 1 saturated heterocycles. The van der Waals surface area contributed by atoms with Crippen LogP contribution in [0.5, 0.6) is 17.2 Å². The minimum Gasteiger partial charge on any atom is -0.490 e. The van der Waals surface area contributed by atoms with Gasteiger partial charge in [0.25, 0.3) is 5.91 Å². The molecule has 2 aliphatic rings. The van der Waals surface area contributed by atoms with Gasteiger partial charge in [-0.1, -0.05) is 12.1 Å². The summed E-state index contributed by atoms with van der Waals surface area (Å²) in [6.07, 6.45) is 2.15. The maximum atomic E-state index is 12.6. The SMILES string of the molecule is O=C(Nc1ccc2c(c1)OCO2)c1ccccc1OC[C@@H]1CCCO1. The first kappa shape index (κ1) is 15.8. The largest absolute Gasteiger partial charge is 0.490 e. The molecule has 0 bridgehead atoms. The molecule has 2 aromatic rings. The smallest absolute Gasteiger partial charge is 0.259 e. The van der Waals surface area contributed by atoms with Crippen molar-refractivity contribution in [3.8, 4) is 17.2 Å². The minimum absolute atomic E-state index is 0.102. The highest BCUT2D eigenvalue weighted by atomic mass is 16.7. The summed E-state index contributed by atoms with van der Waals surface area (Å²) in [7, 11) is 0. The number of anilines is 1. The molecule has 0 radical (unpaired) electrons. The van der Waals surface area contributed by atoms with Crippen LogP contribution in [0.25, 0.3) is 0 Å². The van der Waals surface area contributed by atoms with Crippen LogP contribution in [-0.2, 0) is 4.74 Å². The fourth-order valence-corrected chi connectivity index (χ4v) is 2.91. The molecule has 0 saturated carbocycles. The molecule has 0 spiro atoms. The van der Waals surface area contributed by atoms with Gasteiger partial charge < -0.3 is 24.3 Å². The summed E-state index contributed by atoms with van der Waals surface area (Å²) in [6.45, 7) is 1.43. The molecule has 25 heavy (non-hydrogen) atoms. The fraction of sp³-hybridized carbons (Fsp3) is 0.316. The Balaban J connectivity index is 1.46. The number of hydrogen-bond acceptors (Lipinski definition) is 5. The van der Waals surface area contributed by atoms with E-state index in [0.717, 1.165) is 19.4 Å². The molecule has 6 heteroatoms. The van der Waals surface area contributed by atoms with Gasteiger partial charge in [-0.2, -0.15) is 0 Å². The molecule has 0 unspecified atom stereocenters. The number of benzene rings is 2. The van der Waals surface area contributed by atoms with Gasteiger partial charge in [-0.3, -0.25) is 4.79 Å². The molecular formula is C19H19NO5. The molecular weight excluding hydrogens is 322 g/mol. The summed E-state index contributed by atoms with van der Waals surface area (Å²) in [5.74, 6) is 1.62. The molecule has 4 rings (SSSR count). The van der Waals surface area contributed by atoms with Crippen LogP contribution in [0, 0.1) is 0 Å². The number of ether oxygens (including phenoxy) is 4. The van der Waals surface area contributed by atoms with Crippen LogP contribution in [0.15, 0.2) is 42.5 Å². The van der Waals surface area contributed by atoms with Crippen molar-refractivity contribution >= 4 is 11.6 Å². The van der Waals surface area contributed by atoms with Crippen molar-refractivity contribution in [2.24, 2.45) is 0 Å². The summed E-state index contributed by atoms with van der Waals surface area (Å²) < 4.78 is 22.0. The second kappa shape index (κ2) is 7.03. The monoisotopic (exact) mass is 341 g/mol. The van der Waals surface area contributed by atoms with Gasteiger partial charge in [-0.15, -0.1) is 0 Å². The number of nitrogens with one attached hydrogen (secondary N) is 1. The second-order valence-corrected chi connectivity index (χ2v) is 5.96. The van der Waals surface area contributed by atoms with Crippen molar-refractivity contribution in [3.63, 3.8) is 0 Å². The van der Waals surface area contributed by atoms with Crippen LogP contribution in [0.1, 0.15) is 23.2 Å². The van der Waals surface area contributed by atoms with Crippen LogP contribution in [0.4, 0.5) is 5.69 Å². The lowest BCUT2D eigenvalue weighted by molar-refractivity contribution is 0.0673. The molecule has 2 heterocycles. The number of carbonyl (C=O) groups excluding carboxylic acids is 1. The predicted molar refractivity (Wildman–Crippen MR) is 91.4 cm³/mol. The van der Waals surface area contributed by atoms with Gasteiger partial charge in [0.05, 0.1) is 11.7 Å². The molecule has 1 amide bonds. The molecule has 130 valence electrons. The Kier molecular flexibility index (Phi) is 4.43. The quantitative estimate of drug-likeness (QED) is 0.904. The van der Waals surface area contributed by atoms with Gasteiger partial charge in [0, 0.05) is 18.4 Å². The van der Waals surface area contributed by atoms with E-state index in [1.54, 1.807) is 30.3 Å². The molecule has 0 aliphatic carbocycles. The third-order valence-corrected chi connectivity index (χ3v) is 4.21. The number of para-hydroxylation sites is 1. The average Bonchev–Trinajstić information content (AvgIpc) is 3.31. The van der Waals surface area contributed by atoms with Crippen molar-refractivity contribution in [1.82, 2.24) is 0 Å². The zero-order valence-electron chi connectivity index (χ0n) is 13.7. The molecule has 2 aromatic carbocycles. The molecule has 1 fully saturated rings. The van der Waals surface area contributed by atoms with E-state index in [4.69, 9.17) is 18.9 Å². The summed E-state index contributed by atoms with van der Waals surface area (Å²) >= 11 is 0. The van der Waals surface area contributed by atoms with E-state index in [0.29, 0.717) is 35.1 Å². The third kappa shape index (κ3) is 3.53. The minimum atomic E-state index is -0.234. The first-order valence-corrected chi connectivity index (χ1v) is 8.34. The second-order valence-electron chi connectivity index (χ2n) is 5.96. The maximum absolute atomic E-state index is 12.6. The highest BCUT2D eigenvalue weighted by molar-refractivity contribution is 6.06. The first-order valence-electron chi connectivity index (χ1n) is 8.34. The lowest BCUT2D eigenvalue weighted by Crippen LogP contribution is -2.19. The highest BCUT2D eigenvalue weighted by Gasteiger charge is 2.19. The lowest BCUT2D eigenvalue weighted by Gasteiger charge is -2.14. The van der Waals surface area contributed by atoms with Gasteiger partial charge in [-0.05, 0) is 37.1 Å². The zero-order valence-corrected chi connectivity index (χ0v) is 13.7. The van der Waals surface area contributed by atoms with E-state index in [1.807, 2.05) is 12.1 Å². The molecule has 6 nitrogen and oxygen atoms in total. The van der Waals surface area contributed by atoms with Crippen molar-refractivity contribution in [2.45, 2.75) is 18.9 Å². The molecule has 2 aliphatic heterocycles. The van der Waals surface area contributed by atoms with Gasteiger partial charge >= 0.3 is 0 Å². The number of amides is 1. The first-order chi connectivity index (χ1) is 12.3. The van der Waals surface area contributed by atoms with E-state index < -0.39 is 0 Å². The van der Waals surface area contributed by atoms with E-state index in [2.05, 4.69) is 5.32 Å². The van der Waals surface area contributed by atoms with Gasteiger partial charge in [-0.25, -0.2) is 0 Å². The Morgan fingerprint density at radius 1 is 1.16 bits per heavy atom. The summed E-state index contributed by atoms with van der Waals surface area (Å²) in [5, 5.41) is 2.87. The predicted octanol–water partition coefficient (Wildman–Crippen LogP) is 3.23. The average molecular weight is 341 g/mol. The maximum Gasteiger partial charge on any atom is 0.259 e. The fourth-order valence-electron chi connectivity index (χ4n) is 2.91. The van der Waals surface area contributed by atoms with E-state index in [9.17, 15) is 4.79 Å². The normalized spacial score (nSPS) is 18.2. The Hall–Kier alpha value is -2.73. The van der Waals surface area contributed by atoms with E-state index in [-0.39, 0.29) is 18.8 Å². The van der Waals surface area contributed by atoms with Crippen molar-refractivity contribution < 1.29 is 23.7 Å². The third-order valence-electron chi connectivity index (χ3n) is 4.21. The van der Waals surface area contributed by atoms with Crippen molar-refractivity contribution in [1.29, 1.82) is 0 Å². The number of carbonyl (C=O) groups is 1. The van der Waals surface area contributed by atoms with Crippen LogP contribution < -0.4 is 19.5 Å². The Morgan fingerprint density at radius 2 is 2.04 bits per heavy atom. The molecule has 1 N–H and O–H groups in total. The van der Waals surface area contributed by atoms with Crippen LogP contribution >= 0.6 is 0 Å². The van der Waals surface area contributed by atoms with Crippen LogP contribution in [-0.4, -0.2) is 32.0 Å². The summed E-state index contributed by atoms with van der Waals surface area (Å²) in [5.41, 5.74) is 1.13. The number of rotatable bonds is 5. The van der Waals surface area contributed by atoms with Crippen molar-refractivity contribution in [3.05, 3.63) is 48.0 Å². The van der Waals surface area contributed by atoms with Gasteiger partial charge in [0.2, 0.25) is 6.79 Å². The standard InChI is InChI=1S/C19H19NO5/c21-19(20-13-7-8-17-18(10-13)25-12-24-17)15-5-1-2-6-16(15)23-11-14-4-3-9-22-14/h1-2,5-8,10,14H,3-4,9,11-12H2,(H,20,21)/t14-/m0/s1. The van der Waals surface area contributed by atoms with Gasteiger partial charge in [0.1, 0.15) is 12.4 Å². The zero-order chi connectivity index (χ0) is 17.1. The van der Waals surface area contributed by atoms with Gasteiger partial charge in [0.15, 0.2) is 11.5 Å². The number of hydrogen-bond donors (Lipinski definition) is 1. The summed E-state index contributed by atoms with van der Waals surface area (Å²) in [4.78, 5) is 12.6. The Morgan fingerprint density at radius 3 is 2.92 bits per heavy atom. The highest BCUT2D eigenvalue weighted by Crippen LogP contribution is 2.34. The Bertz CT molecular complexity index is 770. The van der Waals surface area contributed by atoms with Crippen LogP contribution in [0.3, 0.4) is 0 Å². The Labute approximate surface area is 145 Å². The molecule has 0 aromatic heterocycles. The van der Waals surface area contributed by atoms with E-state index in [1.165, 1.54) is 0 Å². The number of fused-ring (bicyclic) bond motifs is 1. The van der Waals surface area contributed by atoms with Crippen molar-refractivity contribution in [2.75, 3.05) is 25.3 Å².